The molecule has 0 radical (unpaired) electrons. The predicted octanol–water partition coefficient (Wildman–Crippen LogP) is -4.31. The quantitative estimate of drug-likeness (QED) is 0.174. The van der Waals surface area contributed by atoms with Crippen molar-refractivity contribution >= 4 is 11.9 Å². The molecule has 2 heterocycles. The van der Waals surface area contributed by atoms with Gasteiger partial charge in [-0.25, -0.2) is 9.59 Å². The lowest BCUT2D eigenvalue weighted by Crippen LogP contribution is -2.64. The summed E-state index contributed by atoms with van der Waals surface area (Å²) in [6, 6.07) is 5.02. The summed E-state index contributed by atoms with van der Waals surface area (Å²) in [5.41, 5.74) is 0.167. The zero-order valence-corrected chi connectivity index (χ0v) is 18.0. The Morgan fingerprint density at radius 1 is 0.686 bits per heavy atom. The SMILES string of the molecule is O=C(O)c1ccc(C(=O)O)cc1.OC[C@H]1O[C@@H](O[C@H]2[C@H](O)[C@@H](O)C(O)O[C@@H]2CO)[C@H](O)[C@@H](O)[C@H]1O. The number of aliphatic hydroxyl groups excluding tert-OH is 8. The number of aromatic carboxylic acids is 2. The second kappa shape index (κ2) is 12.6. The molecule has 1 unspecified atom stereocenters. The Kier molecular flexibility index (Phi) is 10.4. The van der Waals surface area contributed by atoms with Gasteiger partial charge in [0.2, 0.25) is 0 Å². The Morgan fingerprint density at radius 2 is 1.17 bits per heavy atom. The van der Waals surface area contributed by atoms with E-state index in [9.17, 15) is 45.3 Å². The summed E-state index contributed by atoms with van der Waals surface area (Å²) in [7, 11) is 0. The van der Waals surface area contributed by atoms with Crippen molar-refractivity contribution in [2.24, 2.45) is 0 Å². The maximum absolute atomic E-state index is 10.3. The number of rotatable bonds is 6. The average Bonchev–Trinajstić information content (AvgIpc) is 2.84. The fraction of sp³-hybridized carbons (Fsp3) is 0.600. The fourth-order valence-corrected chi connectivity index (χ4v) is 3.33. The first-order chi connectivity index (χ1) is 16.4. The van der Waals surface area contributed by atoms with Gasteiger partial charge in [0.25, 0.3) is 0 Å². The molecular formula is C20H28O15. The lowest BCUT2D eigenvalue weighted by Gasteiger charge is -2.45. The number of benzene rings is 1. The summed E-state index contributed by atoms with van der Waals surface area (Å²) in [5.74, 6) is -2.13. The van der Waals surface area contributed by atoms with Crippen molar-refractivity contribution in [1.29, 1.82) is 0 Å². The minimum Gasteiger partial charge on any atom is -0.478 e. The molecule has 10 atom stereocenters. The highest BCUT2D eigenvalue weighted by Gasteiger charge is 2.50. The van der Waals surface area contributed by atoms with Crippen molar-refractivity contribution in [2.75, 3.05) is 13.2 Å². The van der Waals surface area contributed by atoms with Crippen LogP contribution in [0.15, 0.2) is 24.3 Å². The number of ether oxygens (including phenoxy) is 3. The normalized spacial score (nSPS) is 37.1. The molecule has 0 amide bonds. The minimum absolute atomic E-state index is 0.0833. The van der Waals surface area contributed by atoms with Gasteiger partial charge in [0.05, 0.1) is 24.3 Å². The van der Waals surface area contributed by atoms with E-state index in [-0.39, 0.29) is 11.1 Å². The monoisotopic (exact) mass is 508 g/mol. The van der Waals surface area contributed by atoms with E-state index in [1.165, 1.54) is 24.3 Å². The summed E-state index contributed by atoms with van der Waals surface area (Å²) in [5, 5.41) is 93.4. The second-order valence-corrected chi connectivity index (χ2v) is 7.71. The Balaban J connectivity index is 0.000000303. The molecule has 1 aromatic carbocycles. The molecule has 0 aliphatic carbocycles. The smallest absolute Gasteiger partial charge is 0.335 e. The van der Waals surface area contributed by atoms with Crippen LogP contribution in [0.4, 0.5) is 0 Å². The zero-order valence-electron chi connectivity index (χ0n) is 18.0. The molecule has 2 aliphatic heterocycles. The van der Waals surface area contributed by atoms with Crippen LogP contribution in [0.3, 0.4) is 0 Å². The molecule has 15 nitrogen and oxygen atoms in total. The van der Waals surface area contributed by atoms with Crippen LogP contribution in [-0.2, 0) is 14.2 Å². The van der Waals surface area contributed by atoms with Gasteiger partial charge in [0, 0.05) is 0 Å². The zero-order chi connectivity index (χ0) is 26.4. The first kappa shape index (κ1) is 29.0. The van der Waals surface area contributed by atoms with Crippen LogP contribution < -0.4 is 0 Å². The van der Waals surface area contributed by atoms with Gasteiger partial charge < -0.3 is 65.3 Å². The van der Waals surface area contributed by atoms with Gasteiger partial charge in [-0.05, 0) is 24.3 Å². The van der Waals surface area contributed by atoms with Crippen molar-refractivity contribution in [3.05, 3.63) is 35.4 Å². The largest absolute Gasteiger partial charge is 0.478 e. The molecule has 0 aromatic heterocycles. The molecule has 10 N–H and O–H groups in total. The molecule has 35 heavy (non-hydrogen) atoms. The van der Waals surface area contributed by atoms with E-state index in [0.29, 0.717) is 0 Å². The summed E-state index contributed by atoms with van der Waals surface area (Å²) in [6.07, 6.45) is -15.6. The standard InChI is InChI=1S/C12H22O11.C8H6O4/c13-1-3-5(15)6(16)9(19)12(22-3)23-10-4(2-14)21-11(20)8(18)7(10)17;9-7(10)5-1-2-6(4-3-5)8(11)12/h3-20H,1-2H2;1-4H,(H,9,10)(H,11,12)/t3-,4-,5+,6+,7-,8-,9-,10-,11?,12+;/m1./s1. The van der Waals surface area contributed by atoms with Crippen LogP contribution in [0.2, 0.25) is 0 Å². The maximum atomic E-state index is 10.3. The highest BCUT2D eigenvalue weighted by molar-refractivity contribution is 5.91. The van der Waals surface area contributed by atoms with Gasteiger partial charge in [-0.2, -0.15) is 0 Å². The third-order valence-corrected chi connectivity index (χ3v) is 5.36. The minimum atomic E-state index is -1.74. The van der Waals surface area contributed by atoms with E-state index in [4.69, 9.17) is 29.5 Å². The Bertz CT molecular complexity index is 795. The topological polar surface area (TPSA) is 264 Å². The van der Waals surface area contributed by atoms with Gasteiger partial charge in [-0.15, -0.1) is 0 Å². The van der Waals surface area contributed by atoms with E-state index < -0.39 is 86.6 Å². The molecule has 15 heteroatoms. The van der Waals surface area contributed by atoms with Crippen molar-refractivity contribution in [2.45, 2.75) is 61.4 Å². The Morgan fingerprint density at radius 3 is 1.60 bits per heavy atom. The van der Waals surface area contributed by atoms with E-state index in [1.807, 2.05) is 0 Å². The van der Waals surface area contributed by atoms with Gasteiger partial charge in [-0.1, -0.05) is 0 Å². The lowest BCUT2D eigenvalue weighted by atomic mass is 9.97. The molecule has 0 spiro atoms. The summed E-state index contributed by atoms with van der Waals surface area (Å²) in [4.78, 5) is 20.7. The van der Waals surface area contributed by atoms with E-state index in [1.54, 1.807) is 0 Å². The van der Waals surface area contributed by atoms with Crippen LogP contribution in [0.25, 0.3) is 0 Å². The van der Waals surface area contributed by atoms with Crippen LogP contribution in [0.1, 0.15) is 20.7 Å². The third kappa shape index (κ3) is 6.90. The maximum Gasteiger partial charge on any atom is 0.335 e. The summed E-state index contributed by atoms with van der Waals surface area (Å²) in [6.45, 7) is -1.35. The molecule has 1 aromatic rings. The molecule has 2 saturated heterocycles. The second-order valence-electron chi connectivity index (χ2n) is 7.71. The number of carbonyl (C=O) groups is 2. The number of carboxylic acid groups (broad SMARTS) is 2. The van der Waals surface area contributed by atoms with Gasteiger partial charge in [0.1, 0.15) is 48.8 Å². The van der Waals surface area contributed by atoms with Crippen LogP contribution in [-0.4, -0.2) is 138 Å². The van der Waals surface area contributed by atoms with Crippen LogP contribution in [0.5, 0.6) is 0 Å². The number of aliphatic hydroxyl groups is 8. The van der Waals surface area contributed by atoms with Gasteiger partial charge in [0.15, 0.2) is 12.6 Å². The van der Waals surface area contributed by atoms with Crippen molar-refractivity contribution < 1.29 is 74.9 Å². The highest BCUT2D eigenvalue weighted by Crippen LogP contribution is 2.28. The van der Waals surface area contributed by atoms with Gasteiger partial charge in [-0.3, -0.25) is 0 Å². The van der Waals surface area contributed by atoms with Crippen LogP contribution in [0, 0.1) is 0 Å². The lowest BCUT2D eigenvalue weighted by molar-refractivity contribution is -0.355. The molecule has 2 fully saturated rings. The fourth-order valence-electron chi connectivity index (χ4n) is 3.33. The molecule has 3 rings (SSSR count). The molecule has 198 valence electrons. The van der Waals surface area contributed by atoms with E-state index >= 15 is 0 Å². The average molecular weight is 508 g/mol. The van der Waals surface area contributed by atoms with Crippen LogP contribution >= 0.6 is 0 Å². The van der Waals surface area contributed by atoms with Crippen molar-refractivity contribution in [3.8, 4) is 0 Å². The van der Waals surface area contributed by atoms with Gasteiger partial charge >= 0.3 is 11.9 Å². The molecule has 0 saturated carbocycles. The Hall–Kier alpha value is -2.28. The van der Waals surface area contributed by atoms with E-state index in [2.05, 4.69) is 0 Å². The highest BCUT2D eigenvalue weighted by atomic mass is 16.7. The molecular weight excluding hydrogens is 480 g/mol. The van der Waals surface area contributed by atoms with Crippen molar-refractivity contribution in [1.82, 2.24) is 0 Å². The molecule has 0 bridgehead atoms. The van der Waals surface area contributed by atoms with E-state index in [0.717, 1.165) is 0 Å². The number of hydrogen-bond acceptors (Lipinski definition) is 13. The first-order valence-corrected chi connectivity index (χ1v) is 10.3. The third-order valence-electron chi connectivity index (χ3n) is 5.36. The van der Waals surface area contributed by atoms with Crippen molar-refractivity contribution in [3.63, 3.8) is 0 Å². The number of carboxylic acids is 2. The first-order valence-electron chi connectivity index (χ1n) is 10.3. The Labute approximate surface area is 197 Å². The molecule has 2 aliphatic rings. The number of hydrogen-bond donors (Lipinski definition) is 10. The summed E-state index contributed by atoms with van der Waals surface area (Å²) < 4.78 is 15.3. The summed E-state index contributed by atoms with van der Waals surface area (Å²) >= 11 is 0. The predicted molar refractivity (Wildman–Crippen MR) is 109 cm³/mol.